The fourth-order valence-electron chi connectivity index (χ4n) is 0.936. The number of hydrogen-bond acceptors (Lipinski definition) is 7. The van der Waals surface area contributed by atoms with Crippen molar-refractivity contribution in [1.29, 1.82) is 0 Å². The SMILES string of the molecule is CCOC(=O)CSc1cnc(C(=O)OC)cn1. The topological polar surface area (TPSA) is 78.4 Å². The van der Waals surface area contributed by atoms with E-state index in [1.165, 1.54) is 31.3 Å². The van der Waals surface area contributed by atoms with Crippen molar-refractivity contribution in [1.82, 2.24) is 9.97 Å². The van der Waals surface area contributed by atoms with Crippen LogP contribution in [0.4, 0.5) is 0 Å². The zero-order chi connectivity index (χ0) is 12.7. The Morgan fingerprint density at radius 1 is 1.35 bits per heavy atom. The minimum absolute atomic E-state index is 0.132. The van der Waals surface area contributed by atoms with Crippen molar-refractivity contribution in [2.75, 3.05) is 19.5 Å². The van der Waals surface area contributed by atoms with Gasteiger partial charge < -0.3 is 9.47 Å². The molecule has 0 aliphatic rings. The van der Waals surface area contributed by atoms with Gasteiger partial charge >= 0.3 is 11.9 Å². The predicted octanol–water partition coefficient (Wildman–Crippen LogP) is 0.918. The Balaban J connectivity index is 2.51. The summed E-state index contributed by atoms with van der Waals surface area (Å²) in [6.45, 7) is 2.10. The molecular formula is C10H12N2O4S. The number of nitrogens with zero attached hydrogens (tertiary/aromatic N) is 2. The van der Waals surface area contributed by atoms with Crippen LogP contribution in [0, 0.1) is 0 Å². The standard InChI is InChI=1S/C10H12N2O4S/c1-3-16-9(13)6-17-8-5-11-7(4-12-8)10(14)15-2/h4-5H,3,6H2,1-2H3. The molecule has 6 nitrogen and oxygen atoms in total. The lowest BCUT2D eigenvalue weighted by atomic mass is 10.5. The summed E-state index contributed by atoms with van der Waals surface area (Å²) in [5, 5.41) is 0.547. The smallest absolute Gasteiger partial charge is 0.358 e. The van der Waals surface area contributed by atoms with Gasteiger partial charge in [0.25, 0.3) is 0 Å². The van der Waals surface area contributed by atoms with Crippen LogP contribution in [0.15, 0.2) is 17.4 Å². The molecule has 0 fully saturated rings. The van der Waals surface area contributed by atoms with E-state index < -0.39 is 5.97 Å². The summed E-state index contributed by atoms with van der Waals surface area (Å²) in [5.41, 5.74) is 0.132. The predicted molar refractivity (Wildman–Crippen MR) is 60.7 cm³/mol. The summed E-state index contributed by atoms with van der Waals surface area (Å²) in [6.07, 6.45) is 2.72. The van der Waals surface area contributed by atoms with Crippen LogP contribution in [-0.4, -0.2) is 41.4 Å². The van der Waals surface area contributed by atoms with E-state index >= 15 is 0 Å². The molecule has 0 atom stereocenters. The maximum atomic E-state index is 11.1. The molecule has 0 unspecified atom stereocenters. The summed E-state index contributed by atoms with van der Waals surface area (Å²) in [6, 6.07) is 0. The molecule has 1 heterocycles. The van der Waals surface area contributed by atoms with Gasteiger partial charge in [0, 0.05) is 0 Å². The van der Waals surface area contributed by atoms with Gasteiger partial charge in [-0.05, 0) is 6.92 Å². The Hall–Kier alpha value is -1.63. The van der Waals surface area contributed by atoms with Crippen molar-refractivity contribution in [2.24, 2.45) is 0 Å². The first-order valence-electron chi connectivity index (χ1n) is 4.86. The number of hydrogen-bond donors (Lipinski definition) is 0. The largest absolute Gasteiger partial charge is 0.465 e. The first-order valence-corrected chi connectivity index (χ1v) is 5.84. The number of methoxy groups -OCH3 is 1. The van der Waals surface area contributed by atoms with Crippen molar-refractivity contribution in [2.45, 2.75) is 11.9 Å². The number of ether oxygens (including phenoxy) is 2. The van der Waals surface area contributed by atoms with Crippen molar-refractivity contribution >= 4 is 23.7 Å². The van der Waals surface area contributed by atoms with Crippen molar-refractivity contribution in [3.05, 3.63) is 18.1 Å². The van der Waals surface area contributed by atoms with Gasteiger partial charge in [-0.15, -0.1) is 0 Å². The van der Waals surface area contributed by atoms with Crippen LogP contribution >= 0.6 is 11.8 Å². The van der Waals surface area contributed by atoms with Gasteiger partial charge in [-0.25, -0.2) is 14.8 Å². The van der Waals surface area contributed by atoms with Crippen LogP contribution in [0.1, 0.15) is 17.4 Å². The number of esters is 2. The Morgan fingerprint density at radius 2 is 2.12 bits per heavy atom. The molecule has 1 aromatic rings. The zero-order valence-corrected chi connectivity index (χ0v) is 10.3. The second kappa shape index (κ2) is 6.85. The normalized spacial score (nSPS) is 9.76. The fraction of sp³-hybridized carbons (Fsp3) is 0.400. The molecular weight excluding hydrogens is 244 g/mol. The van der Waals surface area contributed by atoms with Gasteiger partial charge in [-0.1, -0.05) is 11.8 Å². The molecule has 0 saturated carbocycles. The first kappa shape index (κ1) is 13.4. The number of aromatic nitrogens is 2. The maximum Gasteiger partial charge on any atom is 0.358 e. The highest BCUT2D eigenvalue weighted by Gasteiger charge is 2.09. The summed E-state index contributed by atoms with van der Waals surface area (Å²) < 4.78 is 9.24. The van der Waals surface area contributed by atoms with Gasteiger partial charge in [-0.2, -0.15) is 0 Å². The average molecular weight is 256 g/mol. The molecule has 1 rings (SSSR count). The quantitative estimate of drug-likeness (QED) is 0.572. The molecule has 0 amide bonds. The van der Waals surface area contributed by atoms with E-state index in [9.17, 15) is 9.59 Å². The fourth-order valence-corrected chi connectivity index (χ4v) is 1.54. The molecule has 7 heteroatoms. The molecule has 0 bridgehead atoms. The van der Waals surface area contributed by atoms with Crippen molar-refractivity contribution < 1.29 is 19.1 Å². The van der Waals surface area contributed by atoms with E-state index in [1.807, 2.05) is 0 Å². The lowest BCUT2D eigenvalue weighted by Crippen LogP contribution is -2.07. The molecule has 0 N–H and O–H groups in total. The number of carbonyl (C=O) groups excluding carboxylic acids is 2. The van der Waals surface area contributed by atoms with Crippen molar-refractivity contribution in [3.63, 3.8) is 0 Å². The lowest BCUT2D eigenvalue weighted by Gasteiger charge is -2.02. The molecule has 0 aliphatic heterocycles. The van der Waals surface area contributed by atoms with E-state index in [0.29, 0.717) is 11.6 Å². The molecule has 92 valence electrons. The Kier molecular flexibility index (Phi) is 5.41. The summed E-state index contributed by atoms with van der Waals surface area (Å²) in [5.74, 6) is -0.684. The number of carbonyl (C=O) groups is 2. The average Bonchev–Trinajstić information content (AvgIpc) is 2.36. The third kappa shape index (κ3) is 4.39. The van der Waals surface area contributed by atoms with E-state index in [-0.39, 0.29) is 17.4 Å². The highest BCUT2D eigenvalue weighted by Crippen LogP contribution is 2.13. The van der Waals surface area contributed by atoms with Gasteiger partial charge in [0.15, 0.2) is 5.69 Å². The second-order valence-corrected chi connectivity index (χ2v) is 3.82. The minimum atomic E-state index is -0.542. The van der Waals surface area contributed by atoms with Crippen LogP contribution in [0.25, 0.3) is 0 Å². The van der Waals surface area contributed by atoms with Gasteiger partial charge in [0.2, 0.25) is 0 Å². The molecule has 17 heavy (non-hydrogen) atoms. The summed E-state index contributed by atoms with van der Waals surface area (Å²) in [4.78, 5) is 30.0. The van der Waals surface area contributed by atoms with E-state index in [0.717, 1.165) is 0 Å². The minimum Gasteiger partial charge on any atom is -0.465 e. The third-order valence-corrected chi connectivity index (χ3v) is 2.55. The molecule has 0 aromatic carbocycles. The molecule has 0 spiro atoms. The molecule has 1 aromatic heterocycles. The maximum absolute atomic E-state index is 11.1. The van der Waals surface area contributed by atoms with E-state index in [2.05, 4.69) is 14.7 Å². The first-order chi connectivity index (χ1) is 8.17. The van der Waals surface area contributed by atoms with Crippen molar-refractivity contribution in [3.8, 4) is 0 Å². The van der Waals surface area contributed by atoms with Crippen LogP contribution in [-0.2, 0) is 14.3 Å². The summed E-state index contributed by atoms with van der Waals surface area (Å²) >= 11 is 1.20. The Labute approximate surface area is 103 Å². The van der Waals surface area contributed by atoms with E-state index in [4.69, 9.17) is 4.74 Å². The molecule has 0 saturated heterocycles. The van der Waals surface area contributed by atoms with Gasteiger partial charge in [0.1, 0.15) is 5.03 Å². The summed E-state index contributed by atoms with van der Waals surface area (Å²) in [7, 11) is 1.27. The number of thioether (sulfide) groups is 1. The van der Waals surface area contributed by atoms with Crippen LogP contribution in [0.5, 0.6) is 0 Å². The van der Waals surface area contributed by atoms with Gasteiger partial charge in [-0.3, -0.25) is 4.79 Å². The van der Waals surface area contributed by atoms with E-state index in [1.54, 1.807) is 6.92 Å². The lowest BCUT2D eigenvalue weighted by molar-refractivity contribution is -0.139. The van der Waals surface area contributed by atoms with Crippen LogP contribution < -0.4 is 0 Å². The van der Waals surface area contributed by atoms with Gasteiger partial charge in [0.05, 0.1) is 31.9 Å². The molecule has 0 radical (unpaired) electrons. The zero-order valence-electron chi connectivity index (χ0n) is 9.50. The highest BCUT2D eigenvalue weighted by atomic mass is 32.2. The third-order valence-electron chi connectivity index (χ3n) is 1.67. The number of rotatable bonds is 5. The van der Waals surface area contributed by atoms with Crippen LogP contribution in [0.2, 0.25) is 0 Å². The Morgan fingerprint density at radius 3 is 2.65 bits per heavy atom. The van der Waals surface area contributed by atoms with Crippen LogP contribution in [0.3, 0.4) is 0 Å². The monoisotopic (exact) mass is 256 g/mol. The molecule has 0 aliphatic carbocycles. The second-order valence-electron chi connectivity index (χ2n) is 2.83. The Bertz CT molecular complexity index is 394. The highest BCUT2D eigenvalue weighted by molar-refractivity contribution is 7.99.